The quantitative estimate of drug-likeness (QED) is 0.196. The average Bonchev–Trinajstić information content (AvgIpc) is 3.60. The van der Waals surface area contributed by atoms with Crippen molar-refractivity contribution < 1.29 is 49.0 Å². The third kappa shape index (κ3) is 10.6. The molecule has 0 nitrogen and oxygen atoms in total. The van der Waals surface area contributed by atoms with Gasteiger partial charge in [-0.15, -0.1) is 39.7 Å². The van der Waals surface area contributed by atoms with E-state index < -0.39 is 0 Å². The van der Waals surface area contributed by atoms with Crippen LogP contribution in [-0.2, 0) is 24.2 Å². The molecule has 0 radical (unpaired) electrons. The average molecular weight is 750 g/mol. The molecule has 0 N–H and O–H groups in total. The molecule has 0 spiro atoms. The van der Waals surface area contributed by atoms with Crippen molar-refractivity contribution in [2.75, 3.05) is 0 Å². The Hall–Kier alpha value is -2.38. The molecule has 0 saturated carbocycles. The molecular formula is C40H36Cl4Zr-2. The second-order valence-corrected chi connectivity index (χ2v) is 13.7. The van der Waals surface area contributed by atoms with Crippen LogP contribution in [0, 0.1) is 17.4 Å². The molecule has 0 aliphatic heterocycles. The number of benzene rings is 4. The fraction of sp³-hybridized carbons (Fsp3) is 0.150. The monoisotopic (exact) mass is 746 g/mol. The van der Waals surface area contributed by atoms with E-state index in [1.807, 2.05) is 48.6 Å². The van der Waals surface area contributed by atoms with Crippen LogP contribution >= 0.6 is 23.2 Å². The molecule has 5 aromatic rings. The fourth-order valence-corrected chi connectivity index (χ4v) is 5.94. The van der Waals surface area contributed by atoms with Crippen molar-refractivity contribution in [3.05, 3.63) is 160 Å². The maximum absolute atomic E-state index is 5.98. The van der Waals surface area contributed by atoms with Crippen LogP contribution in [0.15, 0.2) is 122 Å². The van der Waals surface area contributed by atoms with Crippen LogP contribution in [0.2, 0.25) is 10.0 Å². The minimum Gasteiger partial charge on any atom is -1.00 e. The minimum atomic E-state index is 0. The molecule has 0 bridgehead atoms. The maximum atomic E-state index is 5.98. The first-order valence-electron chi connectivity index (χ1n) is 14.3. The standard InChI is InChI=1S/C17H13.C13H8Cl2.C10H15.2ClH.Zr/c1-3-12-5-7-14-11-15-8-6-13(4-2)10-17(15)16(14)9-12;14-12-5-1-3-10(8-12)7-11-4-2-6-13(15)9-11;1-8-5-6-9(7-8)10(2,3)4;;;/h3-11H,1-2H2;1-6,8-9H;6-8H,1-4H3;2*1H;/q-1;;-1;;;+2/p-2. The molecule has 45 heavy (non-hydrogen) atoms. The van der Waals surface area contributed by atoms with Gasteiger partial charge in [0.1, 0.15) is 0 Å². The smallest absolute Gasteiger partial charge is 1.00 e. The molecule has 1 unspecified atom stereocenters. The Balaban J connectivity index is 0.000000238. The van der Waals surface area contributed by atoms with E-state index in [1.54, 1.807) is 0 Å². The molecule has 5 heteroatoms. The van der Waals surface area contributed by atoms with Crippen LogP contribution in [0.4, 0.5) is 0 Å². The molecule has 0 aromatic heterocycles. The van der Waals surface area contributed by atoms with Gasteiger partial charge in [0.05, 0.1) is 0 Å². The Kier molecular flexibility index (Phi) is 15.1. The van der Waals surface area contributed by atoms with Gasteiger partial charge >= 0.3 is 120 Å². The van der Waals surface area contributed by atoms with Crippen molar-refractivity contribution in [2.24, 2.45) is 11.3 Å². The van der Waals surface area contributed by atoms with Crippen molar-refractivity contribution >= 4 is 60.1 Å². The molecule has 1 aliphatic carbocycles. The van der Waals surface area contributed by atoms with Gasteiger partial charge in [0.15, 0.2) is 0 Å². The van der Waals surface area contributed by atoms with E-state index in [0.29, 0.717) is 11.3 Å². The van der Waals surface area contributed by atoms with Crippen LogP contribution in [0.3, 0.4) is 0 Å². The van der Waals surface area contributed by atoms with Crippen molar-refractivity contribution in [3.63, 3.8) is 0 Å². The topological polar surface area (TPSA) is 0 Å². The third-order valence-electron chi connectivity index (χ3n) is 7.25. The summed E-state index contributed by atoms with van der Waals surface area (Å²) in [6.07, 6.45) is 11.4. The molecule has 230 valence electrons. The summed E-state index contributed by atoms with van der Waals surface area (Å²) in [6, 6.07) is 30.9. The first-order chi connectivity index (χ1) is 20.5. The number of allylic oxidation sites excluding steroid dienone is 4. The Morgan fingerprint density at radius 1 is 0.778 bits per heavy atom. The summed E-state index contributed by atoms with van der Waals surface area (Å²) in [7, 11) is 0. The Labute approximate surface area is 306 Å². The summed E-state index contributed by atoms with van der Waals surface area (Å²) in [6.45, 7) is 16.5. The zero-order valence-electron chi connectivity index (χ0n) is 26.0. The first-order valence-corrected chi connectivity index (χ1v) is 16.3. The van der Waals surface area contributed by atoms with Gasteiger partial charge in [0.25, 0.3) is 0 Å². The summed E-state index contributed by atoms with van der Waals surface area (Å²) < 4.78 is 1.26. The van der Waals surface area contributed by atoms with E-state index in [4.69, 9.17) is 23.2 Å². The molecule has 1 atom stereocenters. The summed E-state index contributed by atoms with van der Waals surface area (Å²) >= 11 is 13.3. The van der Waals surface area contributed by atoms with E-state index in [2.05, 4.69) is 114 Å². The van der Waals surface area contributed by atoms with Crippen molar-refractivity contribution in [3.8, 4) is 0 Å². The van der Waals surface area contributed by atoms with E-state index in [-0.39, 0.29) is 24.8 Å². The SMILES string of the molecule is C=Cc1ccc2[cH-]c3ccc(C=C)cc3c2c1.CC1[C-]=CC(C(C)(C)C)=C1.Clc1cccc([C](=[Zr+2])c2cccc(Cl)c2)c1.[Cl-].[Cl-]. The summed E-state index contributed by atoms with van der Waals surface area (Å²) in [5, 5.41) is 6.68. The predicted octanol–water partition coefficient (Wildman–Crippen LogP) is 6.08. The molecule has 0 saturated heterocycles. The van der Waals surface area contributed by atoms with Crippen LogP contribution in [0.5, 0.6) is 0 Å². The number of hydrogen-bond donors (Lipinski definition) is 0. The molecule has 1 aliphatic rings. The molecule has 0 fully saturated rings. The number of hydrogen-bond acceptors (Lipinski definition) is 0. The Morgan fingerprint density at radius 2 is 1.24 bits per heavy atom. The van der Waals surface area contributed by atoms with E-state index >= 15 is 0 Å². The molecule has 0 heterocycles. The van der Waals surface area contributed by atoms with Crippen molar-refractivity contribution in [1.82, 2.24) is 0 Å². The maximum Gasteiger partial charge on any atom is -1.00 e. The van der Waals surface area contributed by atoms with Gasteiger partial charge in [-0.1, -0.05) is 88.6 Å². The summed E-state index contributed by atoms with van der Waals surface area (Å²) in [5.74, 6) is 0.522. The number of rotatable bonds is 4. The van der Waals surface area contributed by atoms with Crippen LogP contribution in [0.1, 0.15) is 49.9 Å². The summed E-state index contributed by atoms with van der Waals surface area (Å²) in [4.78, 5) is 0. The Bertz CT molecular complexity index is 1740. The van der Waals surface area contributed by atoms with Gasteiger partial charge in [-0.25, -0.2) is 6.08 Å². The van der Waals surface area contributed by atoms with Crippen LogP contribution in [-0.4, -0.2) is 3.21 Å². The van der Waals surface area contributed by atoms with Gasteiger partial charge in [-0.2, -0.15) is 11.6 Å². The van der Waals surface area contributed by atoms with Gasteiger partial charge in [-0.3, -0.25) is 6.08 Å². The molecule has 0 amide bonds. The van der Waals surface area contributed by atoms with Crippen molar-refractivity contribution in [1.29, 1.82) is 0 Å². The zero-order chi connectivity index (χ0) is 31.1. The molecule has 6 rings (SSSR count). The fourth-order valence-electron chi connectivity index (χ4n) is 4.80. The molecule has 5 aromatic carbocycles. The van der Waals surface area contributed by atoms with Crippen LogP contribution < -0.4 is 24.8 Å². The van der Waals surface area contributed by atoms with Gasteiger partial charge in [0.2, 0.25) is 0 Å². The van der Waals surface area contributed by atoms with E-state index in [9.17, 15) is 0 Å². The van der Waals surface area contributed by atoms with Gasteiger partial charge in [0, 0.05) is 0 Å². The van der Waals surface area contributed by atoms with E-state index in [1.165, 1.54) is 54.6 Å². The third-order valence-corrected chi connectivity index (χ3v) is 9.14. The normalized spacial score (nSPS) is 13.3. The van der Waals surface area contributed by atoms with Crippen LogP contribution in [0.25, 0.3) is 33.7 Å². The largest absolute Gasteiger partial charge is 1.00 e. The van der Waals surface area contributed by atoms with Gasteiger partial charge < -0.3 is 24.8 Å². The number of halogens is 4. The second-order valence-electron chi connectivity index (χ2n) is 11.6. The minimum absolute atomic E-state index is 0. The second kappa shape index (κ2) is 17.5. The number of fused-ring (bicyclic) bond motifs is 3. The summed E-state index contributed by atoms with van der Waals surface area (Å²) in [5.41, 5.74) is 6.36. The zero-order valence-corrected chi connectivity index (χ0v) is 31.5. The predicted molar refractivity (Wildman–Crippen MR) is 188 cm³/mol. The Morgan fingerprint density at radius 3 is 1.58 bits per heavy atom. The van der Waals surface area contributed by atoms with Crippen molar-refractivity contribution in [2.45, 2.75) is 27.7 Å². The van der Waals surface area contributed by atoms with E-state index in [0.717, 1.165) is 32.3 Å². The van der Waals surface area contributed by atoms with Gasteiger partial charge in [-0.05, 0) is 11.1 Å². The molecular weight excluding hydrogens is 713 g/mol. The first kappa shape index (κ1) is 38.8.